The summed E-state index contributed by atoms with van der Waals surface area (Å²) in [5, 5.41) is 14.3. The van der Waals surface area contributed by atoms with Crippen molar-refractivity contribution in [2.45, 2.75) is 46.5 Å². The van der Waals surface area contributed by atoms with Crippen LogP contribution in [0.3, 0.4) is 0 Å². The number of fused-ring (bicyclic) bond motifs is 1. The summed E-state index contributed by atoms with van der Waals surface area (Å²) in [7, 11) is 0. The molecule has 1 unspecified atom stereocenters. The highest BCUT2D eigenvalue weighted by Crippen LogP contribution is 2.39. The minimum absolute atomic E-state index is 0.0882. The number of rotatable bonds is 4. The molecule has 6 nitrogen and oxygen atoms in total. The Hall–Kier alpha value is -1.63. The summed E-state index contributed by atoms with van der Waals surface area (Å²) in [4.78, 5) is 27.8. The third-order valence-corrected chi connectivity index (χ3v) is 5.04. The molecule has 0 aliphatic heterocycles. The SMILES string of the molecule is CC(C)(C)C1CCc2nc(NC(=O)NCCC(=O)O)sc2C1. The zero-order chi connectivity index (χ0) is 16.3. The molecular formula is C15H23N3O3S. The van der Waals surface area contributed by atoms with Gasteiger partial charge in [0.1, 0.15) is 0 Å². The molecular weight excluding hydrogens is 302 g/mol. The average molecular weight is 325 g/mol. The van der Waals surface area contributed by atoms with E-state index in [1.807, 2.05) is 0 Å². The standard InChI is InChI=1S/C15H23N3O3S/c1-15(2,3)9-4-5-10-11(8-9)22-14(17-10)18-13(21)16-7-6-12(19)20/h9H,4-8H2,1-3H3,(H,19,20)(H2,16,17,18,21). The number of hydrogen-bond donors (Lipinski definition) is 3. The van der Waals surface area contributed by atoms with Crippen LogP contribution in [0.5, 0.6) is 0 Å². The van der Waals surface area contributed by atoms with Gasteiger partial charge in [-0.15, -0.1) is 11.3 Å². The lowest BCUT2D eigenvalue weighted by atomic mass is 9.73. The van der Waals surface area contributed by atoms with Gasteiger partial charge in [0.25, 0.3) is 0 Å². The van der Waals surface area contributed by atoms with Crippen molar-refractivity contribution in [1.29, 1.82) is 0 Å². The number of aliphatic carboxylic acids is 1. The molecule has 0 bridgehead atoms. The Morgan fingerprint density at radius 3 is 2.77 bits per heavy atom. The second kappa shape index (κ2) is 6.64. The number of aromatic nitrogens is 1. The summed E-state index contributed by atoms with van der Waals surface area (Å²) >= 11 is 1.52. The quantitative estimate of drug-likeness (QED) is 0.794. The van der Waals surface area contributed by atoms with Crippen LogP contribution in [0.4, 0.5) is 9.93 Å². The second-order valence-electron chi connectivity index (χ2n) is 6.72. The first kappa shape index (κ1) is 16.7. The van der Waals surface area contributed by atoms with Crippen LogP contribution in [0.15, 0.2) is 0 Å². The first-order valence-corrected chi connectivity index (χ1v) is 8.32. The zero-order valence-corrected chi connectivity index (χ0v) is 14.0. The van der Waals surface area contributed by atoms with E-state index in [1.54, 1.807) is 0 Å². The molecule has 7 heteroatoms. The Kier molecular flexibility index (Phi) is 5.05. The van der Waals surface area contributed by atoms with Crippen LogP contribution in [-0.4, -0.2) is 28.6 Å². The van der Waals surface area contributed by atoms with Crippen LogP contribution in [0.25, 0.3) is 0 Å². The van der Waals surface area contributed by atoms with E-state index in [2.05, 4.69) is 36.4 Å². The van der Waals surface area contributed by atoms with Crippen LogP contribution in [0.1, 0.15) is 44.2 Å². The molecule has 0 fully saturated rings. The number of nitrogens with zero attached hydrogens (tertiary/aromatic N) is 1. The van der Waals surface area contributed by atoms with Crippen molar-refractivity contribution < 1.29 is 14.7 Å². The minimum Gasteiger partial charge on any atom is -0.481 e. The smallest absolute Gasteiger partial charge is 0.321 e. The number of urea groups is 1. The molecule has 0 saturated heterocycles. The molecule has 0 saturated carbocycles. The molecule has 0 spiro atoms. The maximum absolute atomic E-state index is 11.7. The van der Waals surface area contributed by atoms with Crippen LogP contribution in [0, 0.1) is 11.3 Å². The normalized spacial score (nSPS) is 17.7. The van der Waals surface area contributed by atoms with Gasteiger partial charge in [0, 0.05) is 11.4 Å². The molecule has 1 aliphatic carbocycles. The fourth-order valence-electron chi connectivity index (χ4n) is 2.59. The van der Waals surface area contributed by atoms with Crippen molar-refractivity contribution in [3.05, 3.63) is 10.6 Å². The number of amides is 2. The first-order chi connectivity index (χ1) is 10.3. The summed E-state index contributed by atoms with van der Waals surface area (Å²) in [5.41, 5.74) is 1.37. The zero-order valence-electron chi connectivity index (χ0n) is 13.2. The fraction of sp³-hybridized carbons (Fsp3) is 0.667. The molecule has 0 aromatic carbocycles. The number of thiazole rings is 1. The topological polar surface area (TPSA) is 91.3 Å². The van der Waals surface area contributed by atoms with E-state index in [0.29, 0.717) is 11.0 Å². The molecule has 122 valence electrons. The lowest BCUT2D eigenvalue weighted by Gasteiger charge is -2.33. The molecule has 0 radical (unpaired) electrons. The molecule has 1 atom stereocenters. The van der Waals surface area contributed by atoms with Gasteiger partial charge in [-0.1, -0.05) is 20.8 Å². The lowest BCUT2D eigenvalue weighted by molar-refractivity contribution is -0.136. The van der Waals surface area contributed by atoms with Crippen molar-refractivity contribution >= 4 is 28.5 Å². The van der Waals surface area contributed by atoms with Crippen LogP contribution >= 0.6 is 11.3 Å². The number of nitrogens with one attached hydrogen (secondary N) is 2. The molecule has 22 heavy (non-hydrogen) atoms. The molecule has 1 aromatic heterocycles. The van der Waals surface area contributed by atoms with E-state index in [1.165, 1.54) is 16.2 Å². The van der Waals surface area contributed by atoms with Crippen molar-refractivity contribution in [3.63, 3.8) is 0 Å². The number of carbonyl (C=O) groups is 2. The molecule has 3 N–H and O–H groups in total. The van der Waals surface area contributed by atoms with Crippen LogP contribution < -0.4 is 10.6 Å². The number of hydrogen-bond acceptors (Lipinski definition) is 4. The fourth-order valence-corrected chi connectivity index (χ4v) is 3.67. The van der Waals surface area contributed by atoms with E-state index >= 15 is 0 Å². The summed E-state index contributed by atoms with van der Waals surface area (Å²) in [5.74, 6) is -0.295. The van der Waals surface area contributed by atoms with Gasteiger partial charge >= 0.3 is 12.0 Å². The third kappa shape index (κ3) is 4.43. The number of carbonyl (C=O) groups excluding carboxylic acids is 1. The maximum Gasteiger partial charge on any atom is 0.321 e. The van der Waals surface area contributed by atoms with Gasteiger partial charge < -0.3 is 10.4 Å². The van der Waals surface area contributed by atoms with Crippen LogP contribution in [-0.2, 0) is 17.6 Å². The molecule has 1 aromatic rings. The number of carboxylic acid groups (broad SMARTS) is 1. The Bertz CT molecular complexity index is 563. The molecule has 2 rings (SSSR count). The third-order valence-electron chi connectivity index (χ3n) is 4.01. The van der Waals surface area contributed by atoms with Gasteiger partial charge in [-0.2, -0.15) is 0 Å². The Balaban J connectivity index is 1.92. The van der Waals surface area contributed by atoms with E-state index in [-0.39, 0.29) is 18.4 Å². The Morgan fingerprint density at radius 1 is 1.41 bits per heavy atom. The lowest BCUT2D eigenvalue weighted by Crippen LogP contribution is -2.30. The predicted molar refractivity (Wildman–Crippen MR) is 86.4 cm³/mol. The number of aryl methyl sites for hydroxylation is 1. The Morgan fingerprint density at radius 2 is 2.14 bits per heavy atom. The molecule has 2 amide bonds. The van der Waals surface area contributed by atoms with E-state index in [0.717, 1.165) is 25.0 Å². The monoisotopic (exact) mass is 325 g/mol. The van der Waals surface area contributed by atoms with E-state index in [4.69, 9.17) is 5.11 Å². The van der Waals surface area contributed by atoms with Gasteiger partial charge in [0.05, 0.1) is 12.1 Å². The summed E-state index contributed by atoms with van der Waals surface area (Å²) in [6.45, 7) is 6.90. The van der Waals surface area contributed by atoms with Gasteiger partial charge in [-0.3, -0.25) is 10.1 Å². The summed E-state index contributed by atoms with van der Waals surface area (Å²) in [6.07, 6.45) is 3.01. The van der Waals surface area contributed by atoms with E-state index < -0.39 is 12.0 Å². The summed E-state index contributed by atoms with van der Waals surface area (Å²) in [6, 6.07) is -0.403. The van der Waals surface area contributed by atoms with Gasteiger partial charge in [-0.05, 0) is 30.6 Å². The van der Waals surface area contributed by atoms with E-state index in [9.17, 15) is 9.59 Å². The van der Waals surface area contributed by atoms with Gasteiger partial charge in [0.2, 0.25) is 0 Å². The minimum atomic E-state index is -0.932. The first-order valence-electron chi connectivity index (χ1n) is 7.51. The predicted octanol–water partition coefficient (Wildman–Crippen LogP) is 2.89. The van der Waals surface area contributed by atoms with Crippen molar-refractivity contribution in [2.75, 3.05) is 11.9 Å². The highest BCUT2D eigenvalue weighted by atomic mass is 32.1. The van der Waals surface area contributed by atoms with Crippen molar-refractivity contribution in [2.24, 2.45) is 11.3 Å². The number of carboxylic acids is 1. The second-order valence-corrected chi connectivity index (χ2v) is 7.80. The number of anilines is 1. The summed E-state index contributed by atoms with van der Waals surface area (Å²) < 4.78 is 0. The van der Waals surface area contributed by atoms with Gasteiger partial charge in [-0.25, -0.2) is 9.78 Å². The molecule has 1 aliphatic rings. The highest BCUT2D eigenvalue weighted by Gasteiger charge is 2.30. The Labute approximate surface area is 134 Å². The highest BCUT2D eigenvalue weighted by molar-refractivity contribution is 7.15. The van der Waals surface area contributed by atoms with Crippen LogP contribution in [0.2, 0.25) is 0 Å². The molecule has 1 heterocycles. The average Bonchev–Trinajstić information content (AvgIpc) is 2.77. The van der Waals surface area contributed by atoms with Gasteiger partial charge in [0.15, 0.2) is 5.13 Å². The maximum atomic E-state index is 11.7. The largest absolute Gasteiger partial charge is 0.481 e. The van der Waals surface area contributed by atoms with Crippen molar-refractivity contribution in [1.82, 2.24) is 10.3 Å². The van der Waals surface area contributed by atoms with Crippen molar-refractivity contribution in [3.8, 4) is 0 Å².